The first-order valence-corrected chi connectivity index (χ1v) is 8.44. The highest BCUT2D eigenvalue weighted by Crippen LogP contribution is 2.22. The van der Waals surface area contributed by atoms with E-state index < -0.39 is 0 Å². The van der Waals surface area contributed by atoms with E-state index in [1.54, 1.807) is 6.07 Å². The van der Waals surface area contributed by atoms with Crippen LogP contribution in [0.25, 0.3) is 0 Å². The average Bonchev–Trinajstić information content (AvgIpc) is 3.02. The predicted molar refractivity (Wildman–Crippen MR) is 92.6 cm³/mol. The van der Waals surface area contributed by atoms with E-state index in [0.29, 0.717) is 12.3 Å². The number of phenolic OH excluding ortho intramolecular Hbond substituents is 1. The van der Waals surface area contributed by atoms with Gasteiger partial charge in [-0.3, -0.25) is 4.90 Å². The van der Waals surface area contributed by atoms with Gasteiger partial charge in [0.05, 0.1) is 6.10 Å². The minimum atomic E-state index is 0.278. The molecule has 0 saturated carbocycles. The molecule has 1 atom stereocenters. The average molecular weight is 332 g/mol. The minimum Gasteiger partial charge on any atom is -0.508 e. The number of para-hydroxylation sites is 1. The molecule has 1 N–H and O–H groups in total. The van der Waals surface area contributed by atoms with Gasteiger partial charge in [0.15, 0.2) is 0 Å². The largest absolute Gasteiger partial charge is 0.508 e. The number of phenols is 1. The molecular weight excluding hydrogens is 310 g/mol. The Labute approximate surface area is 142 Å². The Morgan fingerprint density at radius 2 is 2.00 bits per heavy atom. The maximum absolute atomic E-state index is 10.1. The van der Waals surface area contributed by atoms with Gasteiger partial charge < -0.3 is 9.84 Å². The highest BCUT2D eigenvalue weighted by atomic mass is 35.5. The second-order valence-electron chi connectivity index (χ2n) is 6.06. The summed E-state index contributed by atoms with van der Waals surface area (Å²) in [6.07, 6.45) is 2.51. The van der Waals surface area contributed by atoms with E-state index in [1.807, 2.05) is 36.4 Å². The van der Waals surface area contributed by atoms with Crippen molar-refractivity contribution in [1.82, 2.24) is 4.90 Å². The molecule has 0 bridgehead atoms. The van der Waals surface area contributed by atoms with Crippen molar-refractivity contribution < 1.29 is 9.84 Å². The first kappa shape index (κ1) is 16.3. The Hall–Kier alpha value is -1.55. The molecule has 23 heavy (non-hydrogen) atoms. The monoisotopic (exact) mass is 331 g/mol. The van der Waals surface area contributed by atoms with Crippen LogP contribution in [0.5, 0.6) is 5.75 Å². The van der Waals surface area contributed by atoms with Gasteiger partial charge in [-0.2, -0.15) is 0 Å². The number of rotatable bonds is 6. The Morgan fingerprint density at radius 3 is 2.74 bits per heavy atom. The van der Waals surface area contributed by atoms with E-state index in [9.17, 15) is 5.11 Å². The summed E-state index contributed by atoms with van der Waals surface area (Å²) in [4.78, 5) is 2.32. The number of hydrogen-bond acceptors (Lipinski definition) is 3. The summed E-state index contributed by atoms with van der Waals surface area (Å²) in [7, 11) is 0. The summed E-state index contributed by atoms with van der Waals surface area (Å²) in [6, 6.07) is 15.4. The van der Waals surface area contributed by atoms with E-state index >= 15 is 0 Å². The van der Waals surface area contributed by atoms with Crippen molar-refractivity contribution in [3.63, 3.8) is 0 Å². The Morgan fingerprint density at radius 1 is 1.13 bits per heavy atom. The number of ether oxygens (including phenoxy) is 1. The highest BCUT2D eigenvalue weighted by Gasteiger charge is 2.20. The van der Waals surface area contributed by atoms with Gasteiger partial charge in [0.25, 0.3) is 0 Å². The van der Waals surface area contributed by atoms with Gasteiger partial charge in [0, 0.05) is 36.8 Å². The van der Waals surface area contributed by atoms with E-state index in [0.717, 1.165) is 43.1 Å². The SMILES string of the molecule is Oc1ccccc1CN(Cc1cccc(Cl)c1)CC1CCCO1. The molecule has 0 radical (unpaired) electrons. The zero-order valence-corrected chi connectivity index (χ0v) is 13.9. The van der Waals surface area contributed by atoms with Crippen LogP contribution in [0.1, 0.15) is 24.0 Å². The lowest BCUT2D eigenvalue weighted by molar-refractivity contribution is 0.0676. The second-order valence-corrected chi connectivity index (χ2v) is 6.50. The van der Waals surface area contributed by atoms with Crippen LogP contribution in [0.3, 0.4) is 0 Å². The Bertz CT molecular complexity index is 641. The summed E-state index contributed by atoms with van der Waals surface area (Å²) in [5.41, 5.74) is 2.11. The van der Waals surface area contributed by atoms with Crippen molar-refractivity contribution in [2.24, 2.45) is 0 Å². The molecular formula is C19H22ClNO2. The molecule has 2 aromatic carbocycles. The molecule has 1 aliphatic rings. The third-order valence-corrected chi connectivity index (χ3v) is 4.40. The summed E-state index contributed by atoms with van der Waals surface area (Å²) in [5.74, 6) is 0.343. The molecule has 1 unspecified atom stereocenters. The molecule has 1 aliphatic heterocycles. The van der Waals surface area contributed by atoms with Crippen molar-refractivity contribution in [2.45, 2.75) is 32.0 Å². The lowest BCUT2D eigenvalue weighted by atomic mass is 10.1. The third-order valence-electron chi connectivity index (χ3n) is 4.17. The normalized spacial score (nSPS) is 17.7. The molecule has 3 nitrogen and oxygen atoms in total. The summed E-state index contributed by atoms with van der Waals surface area (Å²) < 4.78 is 5.78. The van der Waals surface area contributed by atoms with E-state index in [-0.39, 0.29) is 6.10 Å². The topological polar surface area (TPSA) is 32.7 Å². The maximum atomic E-state index is 10.1. The van der Waals surface area contributed by atoms with Crippen molar-refractivity contribution in [1.29, 1.82) is 0 Å². The van der Waals surface area contributed by atoms with Gasteiger partial charge in [-0.15, -0.1) is 0 Å². The first-order valence-electron chi connectivity index (χ1n) is 8.06. The summed E-state index contributed by atoms with van der Waals surface area (Å²) in [6.45, 7) is 3.20. The lowest BCUT2D eigenvalue weighted by Gasteiger charge is -2.25. The van der Waals surface area contributed by atoms with Crippen LogP contribution in [0, 0.1) is 0 Å². The second kappa shape index (κ2) is 7.82. The smallest absolute Gasteiger partial charge is 0.120 e. The van der Waals surface area contributed by atoms with Crippen LogP contribution in [0.4, 0.5) is 0 Å². The van der Waals surface area contributed by atoms with E-state index in [2.05, 4.69) is 11.0 Å². The summed E-state index contributed by atoms with van der Waals surface area (Å²) >= 11 is 6.10. The van der Waals surface area contributed by atoms with Crippen molar-refractivity contribution >= 4 is 11.6 Å². The highest BCUT2D eigenvalue weighted by molar-refractivity contribution is 6.30. The van der Waals surface area contributed by atoms with E-state index in [4.69, 9.17) is 16.3 Å². The van der Waals surface area contributed by atoms with Crippen LogP contribution >= 0.6 is 11.6 Å². The molecule has 3 rings (SSSR count). The van der Waals surface area contributed by atoms with Crippen molar-refractivity contribution in [3.8, 4) is 5.75 Å². The zero-order valence-electron chi connectivity index (χ0n) is 13.1. The molecule has 0 aromatic heterocycles. The molecule has 4 heteroatoms. The molecule has 0 amide bonds. The van der Waals surface area contributed by atoms with Crippen LogP contribution in [0.15, 0.2) is 48.5 Å². The van der Waals surface area contributed by atoms with Gasteiger partial charge in [-0.25, -0.2) is 0 Å². The molecule has 0 spiro atoms. The van der Waals surface area contributed by atoms with Gasteiger partial charge in [0.2, 0.25) is 0 Å². The number of nitrogens with zero attached hydrogens (tertiary/aromatic N) is 1. The zero-order chi connectivity index (χ0) is 16.1. The Balaban J connectivity index is 1.74. The van der Waals surface area contributed by atoms with Crippen LogP contribution in [-0.4, -0.2) is 29.3 Å². The molecule has 0 aliphatic carbocycles. The number of benzene rings is 2. The molecule has 1 heterocycles. The van der Waals surface area contributed by atoms with Gasteiger partial charge in [-0.05, 0) is 36.6 Å². The molecule has 1 saturated heterocycles. The van der Waals surface area contributed by atoms with Crippen LogP contribution in [-0.2, 0) is 17.8 Å². The number of halogens is 1. The number of aromatic hydroxyl groups is 1. The molecule has 1 fully saturated rings. The first-order chi connectivity index (χ1) is 11.2. The van der Waals surface area contributed by atoms with E-state index in [1.165, 1.54) is 5.56 Å². The summed E-state index contributed by atoms with van der Waals surface area (Å²) in [5, 5.41) is 10.8. The standard InChI is InChI=1S/C19H22ClNO2/c20-17-7-3-5-15(11-17)12-21(14-18-8-4-10-23-18)13-16-6-1-2-9-19(16)22/h1-3,5-7,9,11,18,22H,4,8,10,12-14H2. The fraction of sp³-hybridized carbons (Fsp3) is 0.368. The van der Waals surface area contributed by atoms with Gasteiger partial charge >= 0.3 is 0 Å². The maximum Gasteiger partial charge on any atom is 0.120 e. The quantitative estimate of drug-likeness (QED) is 0.860. The van der Waals surface area contributed by atoms with Gasteiger partial charge in [0.1, 0.15) is 5.75 Å². The number of hydrogen-bond donors (Lipinski definition) is 1. The third kappa shape index (κ3) is 4.71. The Kier molecular flexibility index (Phi) is 5.55. The van der Waals surface area contributed by atoms with Crippen molar-refractivity contribution in [3.05, 3.63) is 64.7 Å². The fourth-order valence-corrected chi connectivity index (χ4v) is 3.25. The molecule has 122 valence electrons. The lowest BCUT2D eigenvalue weighted by Crippen LogP contribution is -2.31. The fourth-order valence-electron chi connectivity index (χ4n) is 3.04. The minimum absolute atomic E-state index is 0.278. The predicted octanol–water partition coefficient (Wildman–Crippen LogP) is 4.23. The van der Waals surface area contributed by atoms with Crippen molar-refractivity contribution in [2.75, 3.05) is 13.2 Å². The van der Waals surface area contributed by atoms with Gasteiger partial charge in [-0.1, -0.05) is 41.9 Å². The van der Waals surface area contributed by atoms with Crippen LogP contribution in [0.2, 0.25) is 5.02 Å². The molecule has 2 aromatic rings. The van der Waals surface area contributed by atoms with Crippen LogP contribution < -0.4 is 0 Å².